The Labute approximate surface area is 123 Å². The Morgan fingerprint density at radius 2 is 2.17 bits per heavy atom. The lowest BCUT2D eigenvalue weighted by Crippen LogP contribution is -2.38. The van der Waals surface area contributed by atoms with E-state index in [4.69, 9.17) is 0 Å². The zero-order valence-corrected chi connectivity index (χ0v) is 13.2. The zero-order chi connectivity index (χ0) is 13.3. The summed E-state index contributed by atoms with van der Waals surface area (Å²) < 4.78 is 2.01. The predicted octanol–water partition coefficient (Wildman–Crippen LogP) is 3.51. The second-order valence-electron chi connectivity index (χ2n) is 4.77. The van der Waals surface area contributed by atoms with Gasteiger partial charge >= 0.3 is 5.97 Å². The molecule has 2 rings (SSSR count). The average Bonchev–Trinajstić information content (AvgIpc) is 2.65. The highest BCUT2D eigenvalue weighted by atomic mass is 79.9. The van der Waals surface area contributed by atoms with E-state index in [0.717, 1.165) is 27.5 Å². The van der Waals surface area contributed by atoms with Crippen LogP contribution < -0.4 is 0 Å². The minimum absolute atomic E-state index is 0.224. The van der Waals surface area contributed by atoms with Gasteiger partial charge in [-0.2, -0.15) is 0 Å². The first-order valence-corrected chi connectivity index (χ1v) is 7.48. The van der Waals surface area contributed by atoms with Crippen LogP contribution in [0.3, 0.4) is 0 Å². The van der Waals surface area contributed by atoms with Crippen LogP contribution in [0.4, 0.5) is 0 Å². The molecule has 1 aliphatic rings. The number of carboxylic acid groups (broad SMARTS) is 1. The topological polar surface area (TPSA) is 40.5 Å². The summed E-state index contributed by atoms with van der Waals surface area (Å²) in [5.41, 5.74) is 1.13. The van der Waals surface area contributed by atoms with Gasteiger partial charge in [-0.05, 0) is 68.4 Å². The fourth-order valence-corrected chi connectivity index (χ4v) is 3.15. The molecule has 1 fully saturated rings. The lowest BCUT2D eigenvalue weighted by Gasteiger charge is -2.23. The molecular weight excluding hydrogens is 362 g/mol. The third kappa shape index (κ3) is 2.95. The molecule has 3 nitrogen and oxygen atoms in total. The molecule has 18 heavy (non-hydrogen) atoms. The van der Waals surface area contributed by atoms with Crippen molar-refractivity contribution in [3.05, 3.63) is 32.7 Å². The number of nitrogens with zero attached hydrogens (tertiary/aromatic N) is 1. The van der Waals surface area contributed by atoms with Crippen LogP contribution in [-0.4, -0.2) is 28.6 Å². The van der Waals surface area contributed by atoms with Crippen molar-refractivity contribution in [2.24, 2.45) is 5.92 Å². The SMILES string of the molecule is CC1CCN(Cc2ccc(Br)c(Br)c2)C1C(=O)O. The number of rotatable bonds is 3. The van der Waals surface area contributed by atoms with Gasteiger partial charge in [0.2, 0.25) is 0 Å². The molecule has 98 valence electrons. The average molecular weight is 377 g/mol. The Kier molecular flexibility index (Phi) is 4.45. The van der Waals surface area contributed by atoms with E-state index < -0.39 is 5.97 Å². The molecule has 0 aromatic heterocycles. The molecule has 1 aromatic carbocycles. The lowest BCUT2D eigenvalue weighted by atomic mass is 10.0. The van der Waals surface area contributed by atoms with Gasteiger partial charge in [-0.15, -0.1) is 0 Å². The molecule has 0 bridgehead atoms. The summed E-state index contributed by atoms with van der Waals surface area (Å²) in [6.45, 7) is 3.55. The number of likely N-dealkylation sites (tertiary alicyclic amines) is 1. The van der Waals surface area contributed by atoms with Crippen LogP contribution in [0.25, 0.3) is 0 Å². The van der Waals surface area contributed by atoms with E-state index in [2.05, 4.69) is 31.9 Å². The van der Waals surface area contributed by atoms with Crippen LogP contribution in [0.1, 0.15) is 18.9 Å². The van der Waals surface area contributed by atoms with Gasteiger partial charge in [0, 0.05) is 15.5 Å². The highest BCUT2D eigenvalue weighted by Gasteiger charge is 2.36. The maximum absolute atomic E-state index is 11.3. The number of halogens is 2. The number of hydrogen-bond acceptors (Lipinski definition) is 2. The summed E-state index contributed by atoms with van der Waals surface area (Å²) in [5, 5.41) is 9.27. The Hall–Kier alpha value is -0.390. The van der Waals surface area contributed by atoms with Crippen molar-refractivity contribution in [1.29, 1.82) is 0 Å². The lowest BCUT2D eigenvalue weighted by molar-refractivity contribution is -0.143. The quantitative estimate of drug-likeness (QED) is 0.877. The van der Waals surface area contributed by atoms with E-state index in [1.807, 2.05) is 30.0 Å². The summed E-state index contributed by atoms with van der Waals surface area (Å²) >= 11 is 6.90. The van der Waals surface area contributed by atoms with Crippen molar-refractivity contribution >= 4 is 37.8 Å². The smallest absolute Gasteiger partial charge is 0.321 e. The van der Waals surface area contributed by atoms with Gasteiger partial charge in [-0.1, -0.05) is 13.0 Å². The van der Waals surface area contributed by atoms with Crippen LogP contribution >= 0.6 is 31.9 Å². The van der Waals surface area contributed by atoms with Gasteiger partial charge in [-0.3, -0.25) is 9.69 Å². The van der Waals surface area contributed by atoms with Crippen LogP contribution in [-0.2, 0) is 11.3 Å². The molecular formula is C13H15Br2NO2. The van der Waals surface area contributed by atoms with Gasteiger partial charge in [-0.25, -0.2) is 0 Å². The van der Waals surface area contributed by atoms with E-state index in [1.54, 1.807) is 0 Å². The summed E-state index contributed by atoms with van der Waals surface area (Å²) in [7, 11) is 0. The maximum atomic E-state index is 11.3. The van der Waals surface area contributed by atoms with Crippen LogP contribution in [0.2, 0.25) is 0 Å². The van der Waals surface area contributed by atoms with Gasteiger partial charge < -0.3 is 5.11 Å². The number of hydrogen-bond donors (Lipinski definition) is 1. The fourth-order valence-electron chi connectivity index (χ4n) is 2.48. The van der Waals surface area contributed by atoms with Crippen molar-refractivity contribution in [3.8, 4) is 0 Å². The van der Waals surface area contributed by atoms with Gasteiger partial charge in [0.15, 0.2) is 0 Å². The molecule has 2 atom stereocenters. The first-order chi connectivity index (χ1) is 8.49. The molecule has 0 aliphatic carbocycles. The monoisotopic (exact) mass is 375 g/mol. The standard InChI is InChI=1S/C13H15Br2NO2/c1-8-4-5-16(12(8)13(17)18)7-9-2-3-10(14)11(15)6-9/h2-3,6,8,12H,4-5,7H2,1H3,(H,17,18). The van der Waals surface area contributed by atoms with Crippen molar-refractivity contribution in [2.45, 2.75) is 25.9 Å². The number of benzene rings is 1. The summed E-state index contributed by atoms with van der Waals surface area (Å²) in [4.78, 5) is 13.3. The van der Waals surface area contributed by atoms with Crippen molar-refractivity contribution in [2.75, 3.05) is 6.54 Å². The molecule has 0 saturated carbocycles. The maximum Gasteiger partial charge on any atom is 0.321 e. The van der Waals surface area contributed by atoms with Crippen molar-refractivity contribution in [1.82, 2.24) is 4.90 Å². The fraction of sp³-hybridized carbons (Fsp3) is 0.462. The number of aliphatic carboxylic acids is 1. The molecule has 1 N–H and O–H groups in total. The first kappa shape index (κ1) is 14.0. The van der Waals surface area contributed by atoms with E-state index in [0.29, 0.717) is 6.54 Å². The van der Waals surface area contributed by atoms with Crippen molar-refractivity contribution in [3.63, 3.8) is 0 Å². The van der Waals surface area contributed by atoms with Gasteiger partial charge in [0.05, 0.1) is 0 Å². The van der Waals surface area contributed by atoms with E-state index in [9.17, 15) is 9.90 Å². The normalized spacial score (nSPS) is 24.4. The summed E-state index contributed by atoms with van der Waals surface area (Å²) in [5.74, 6) is -0.488. The number of carbonyl (C=O) groups is 1. The van der Waals surface area contributed by atoms with Gasteiger partial charge in [0.25, 0.3) is 0 Å². The minimum Gasteiger partial charge on any atom is -0.480 e. The third-order valence-corrected chi connectivity index (χ3v) is 5.31. The third-order valence-electron chi connectivity index (χ3n) is 3.43. The second-order valence-corrected chi connectivity index (χ2v) is 6.48. The minimum atomic E-state index is -0.712. The van der Waals surface area contributed by atoms with Gasteiger partial charge in [0.1, 0.15) is 6.04 Å². The predicted molar refractivity (Wildman–Crippen MR) is 77.5 cm³/mol. The highest BCUT2D eigenvalue weighted by Crippen LogP contribution is 2.28. The van der Waals surface area contributed by atoms with E-state index >= 15 is 0 Å². The Balaban J connectivity index is 2.13. The highest BCUT2D eigenvalue weighted by molar-refractivity contribution is 9.13. The van der Waals surface area contributed by atoms with Crippen LogP contribution in [0.5, 0.6) is 0 Å². The first-order valence-electron chi connectivity index (χ1n) is 5.90. The van der Waals surface area contributed by atoms with E-state index in [-0.39, 0.29) is 12.0 Å². The summed E-state index contributed by atoms with van der Waals surface area (Å²) in [6, 6.07) is 5.68. The van der Waals surface area contributed by atoms with Crippen molar-refractivity contribution < 1.29 is 9.90 Å². The second kappa shape index (κ2) is 5.72. The molecule has 2 unspecified atom stereocenters. The van der Waals surface area contributed by atoms with Crippen LogP contribution in [0.15, 0.2) is 27.1 Å². The van der Waals surface area contributed by atoms with Crippen LogP contribution in [0, 0.1) is 5.92 Å². The zero-order valence-electron chi connectivity index (χ0n) is 10.1. The molecule has 0 radical (unpaired) electrons. The molecule has 1 saturated heterocycles. The Morgan fingerprint density at radius 3 is 2.78 bits per heavy atom. The van der Waals surface area contributed by atoms with E-state index in [1.165, 1.54) is 0 Å². The molecule has 1 heterocycles. The molecule has 1 aliphatic heterocycles. The number of carboxylic acids is 1. The molecule has 1 aromatic rings. The Bertz CT molecular complexity index is 464. The molecule has 5 heteroatoms. The molecule has 0 amide bonds. The summed E-state index contributed by atoms with van der Waals surface area (Å²) in [6.07, 6.45) is 0.953. The largest absolute Gasteiger partial charge is 0.480 e. The molecule has 0 spiro atoms. The Morgan fingerprint density at radius 1 is 1.44 bits per heavy atom.